The molecule has 0 saturated heterocycles. The summed E-state index contributed by atoms with van der Waals surface area (Å²) >= 11 is 0. The molecule has 2 aromatic carbocycles. The number of aryl methyl sites for hydroxylation is 1. The van der Waals surface area contributed by atoms with E-state index in [1.54, 1.807) is 25.2 Å². The first-order valence-electron chi connectivity index (χ1n) is 22.4. The van der Waals surface area contributed by atoms with Crippen LogP contribution < -0.4 is 16.4 Å². The molecule has 0 unspecified atom stereocenters. The van der Waals surface area contributed by atoms with E-state index in [2.05, 4.69) is 17.2 Å². The Kier molecular flexibility index (Phi) is 15.5. The molecule has 2 aromatic rings. The summed E-state index contributed by atoms with van der Waals surface area (Å²) in [5, 5.41) is 75.3. The largest absolute Gasteiger partial charge is 0.393 e. The summed E-state index contributed by atoms with van der Waals surface area (Å²) in [6, 6.07) is 12.6. The number of Topliss-reactive ketones (excluding diaryl/α,β-unsaturated/α-hetero) is 1. The Hall–Kier alpha value is -4.04. The summed E-state index contributed by atoms with van der Waals surface area (Å²) in [5.41, 5.74) is 11.5. The van der Waals surface area contributed by atoms with Crippen LogP contribution in [-0.2, 0) is 28.9 Å². The van der Waals surface area contributed by atoms with Gasteiger partial charge in [0.05, 0.1) is 36.6 Å². The van der Waals surface area contributed by atoms with Gasteiger partial charge in [0.25, 0.3) is 0 Å². The first-order valence-corrected chi connectivity index (χ1v) is 22.4. The van der Waals surface area contributed by atoms with E-state index >= 15 is 0 Å². The van der Waals surface area contributed by atoms with Gasteiger partial charge in [-0.25, -0.2) is 0 Å². The highest BCUT2D eigenvalue weighted by molar-refractivity contribution is 5.98. The van der Waals surface area contributed by atoms with Gasteiger partial charge >= 0.3 is 0 Å². The number of hydrogen-bond donors (Lipinski definition) is 9. The summed E-state index contributed by atoms with van der Waals surface area (Å²) in [7, 11) is 0. The highest BCUT2D eigenvalue weighted by Gasteiger charge is 2.64. The van der Waals surface area contributed by atoms with Crippen LogP contribution in [0.4, 0.5) is 0 Å². The third-order valence-corrected chi connectivity index (χ3v) is 14.4. The molecule has 1 spiro atoms. The molecule has 1 amide bonds. The maximum absolute atomic E-state index is 14.7. The molecule has 336 valence electrons. The fraction of sp³-hybridized carbons (Fsp3) is 0.529. The van der Waals surface area contributed by atoms with Gasteiger partial charge in [0.1, 0.15) is 12.2 Å². The Bertz CT molecular complexity index is 2100. The van der Waals surface area contributed by atoms with E-state index in [9.17, 15) is 40.2 Å². The third kappa shape index (κ3) is 10.2. The van der Waals surface area contributed by atoms with Crippen LogP contribution in [0, 0.1) is 17.3 Å². The minimum Gasteiger partial charge on any atom is -0.393 e. The van der Waals surface area contributed by atoms with Gasteiger partial charge in [-0.1, -0.05) is 84.5 Å². The van der Waals surface area contributed by atoms with Crippen molar-refractivity contribution >= 4 is 11.7 Å². The molecular weight excluding hydrogens is 783 g/mol. The molecule has 10 N–H and O–H groups in total. The number of carbonyl (C=O) groups excluding carboxylic acids is 2. The number of carbonyl (C=O) groups is 2. The Labute approximate surface area is 367 Å². The fourth-order valence-electron chi connectivity index (χ4n) is 10.8. The molecule has 62 heavy (non-hydrogen) atoms. The van der Waals surface area contributed by atoms with Crippen molar-refractivity contribution in [2.75, 3.05) is 13.2 Å². The fourth-order valence-corrected chi connectivity index (χ4v) is 10.8. The molecule has 11 nitrogen and oxygen atoms in total. The summed E-state index contributed by atoms with van der Waals surface area (Å²) in [6.45, 7) is 11.4. The summed E-state index contributed by atoms with van der Waals surface area (Å²) in [4.78, 5) is 28.2. The lowest BCUT2D eigenvalue weighted by atomic mass is 9.52. The highest BCUT2D eigenvalue weighted by atomic mass is 16.3. The second-order valence-corrected chi connectivity index (χ2v) is 18.8. The van der Waals surface area contributed by atoms with Crippen LogP contribution in [0.25, 0.3) is 0 Å². The van der Waals surface area contributed by atoms with E-state index in [-0.39, 0.29) is 31.3 Å². The van der Waals surface area contributed by atoms with E-state index in [0.717, 1.165) is 22.3 Å². The van der Waals surface area contributed by atoms with E-state index in [0.29, 0.717) is 97.6 Å². The number of nitrogens with two attached hydrogens (primary N) is 1. The molecule has 2 aliphatic carbocycles. The summed E-state index contributed by atoms with van der Waals surface area (Å²) in [6.07, 6.45) is 7.21. The number of amides is 1. The molecule has 4 aliphatic rings. The van der Waals surface area contributed by atoms with Gasteiger partial charge in [0.2, 0.25) is 5.91 Å². The van der Waals surface area contributed by atoms with Crippen LogP contribution >= 0.6 is 0 Å². The van der Waals surface area contributed by atoms with Crippen molar-refractivity contribution in [2.24, 2.45) is 23.0 Å². The van der Waals surface area contributed by atoms with E-state index in [1.807, 2.05) is 69.3 Å². The van der Waals surface area contributed by atoms with Crippen molar-refractivity contribution in [3.05, 3.63) is 129 Å². The van der Waals surface area contributed by atoms with Crippen LogP contribution in [0.15, 0.2) is 101 Å². The van der Waals surface area contributed by atoms with Crippen molar-refractivity contribution in [1.29, 1.82) is 0 Å². The van der Waals surface area contributed by atoms with Crippen LogP contribution in [0.3, 0.4) is 0 Å². The first kappa shape index (κ1) is 47.4. The number of rotatable bonds is 7. The number of allylic oxidation sites excluding steroid dienone is 5. The zero-order valence-corrected chi connectivity index (χ0v) is 36.9. The molecule has 0 aromatic heterocycles. The van der Waals surface area contributed by atoms with Crippen LogP contribution in [0.5, 0.6) is 0 Å². The number of β-amino-alcohol motifs (C(OH)–C–C–N with tert-alkyl or cyclic N) is 1. The molecule has 2 heterocycles. The predicted molar refractivity (Wildman–Crippen MR) is 241 cm³/mol. The van der Waals surface area contributed by atoms with Crippen LogP contribution in [-0.4, -0.2) is 85.5 Å². The highest BCUT2D eigenvalue weighted by Crippen LogP contribution is 2.63. The Morgan fingerprint density at radius 1 is 1.00 bits per heavy atom. The Morgan fingerprint density at radius 2 is 1.74 bits per heavy atom. The number of benzene rings is 2. The summed E-state index contributed by atoms with van der Waals surface area (Å²) < 4.78 is 0. The SMILES string of the molecule is C=C(/C=C/C=C(/CO)[C@H]1CC[C@@]2([C@@H]3CC[C@H](O)Cc4cccc(c4)CC[C@H](O)CN[C@@H]4C(=O)N[C@@H](N)c5cccc(c54)CC(=O)/C(C)=C/3CC[C@@]2(C)O)[C@@H]1O)[C@H](O)CC=C(C)C. The van der Waals surface area contributed by atoms with Crippen LogP contribution in [0.2, 0.25) is 0 Å². The number of aliphatic hydroxyl groups excluding tert-OH is 5. The molecule has 0 radical (unpaired) electrons. The lowest BCUT2D eigenvalue weighted by Gasteiger charge is -2.56. The van der Waals surface area contributed by atoms with Gasteiger partial charge in [-0.3, -0.25) is 14.9 Å². The Morgan fingerprint density at radius 3 is 2.48 bits per heavy atom. The lowest BCUT2D eigenvalue weighted by Crippen LogP contribution is -2.59. The topological polar surface area (TPSA) is 206 Å². The lowest BCUT2D eigenvalue weighted by molar-refractivity contribution is -0.168. The van der Waals surface area contributed by atoms with Crippen molar-refractivity contribution in [3.8, 4) is 0 Å². The van der Waals surface area contributed by atoms with Gasteiger partial charge in [-0.2, -0.15) is 0 Å². The minimum atomic E-state index is -1.35. The van der Waals surface area contributed by atoms with Crippen molar-refractivity contribution < 1.29 is 40.2 Å². The van der Waals surface area contributed by atoms with E-state index < -0.39 is 59.5 Å². The third-order valence-electron chi connectivity index (χ3n) is 14.4. The summed E-state index contributed by atoms with van der Waals surface area (Å²) in [5.74, 6) is -1.48. The molecule has 2 saturated carbocycles. The van der Waals surface area contributed by atoms with Gasteiger partial charge < -0.3 is 41.7 Å². The zero-order valence-electron chi connectivity index (χ0n) is 36.9. The molecule has 2 fully saturated rings. The normalized spacial score (nSPS) is 33.1. The maximum Gasteiger partial charge on any atom is 0.243 e. The number of aliphatic hydroxyl groups is 6. The van der Waals surface area contributed by atoms with Gasteiger partial charge in [0, 0.05) is 24.3 Å². The van der Waals surface area contributed by atoms with Crippen LogP contribution in [0.1, 0.15) is 119 Å². The van der Waals surface area contributed by atoms with Crippen molar-refractivity contribution in [3.63, 3.8) is 0 Å². The van der Waals surface area contributed by atoms with E-state index in [4.69, 9.17) is 5.73 Å². The average Bonchev–Trinajstić information content (AvgIpc) is 3.57. The predicted octanol–water partition coefficient (Wildman–Crippen LogP) is 5.19. The molecule has 2 aliphatic heterocycles. The zero-order chi connectivity index (χ0) is 44.9. The second kappa shape index (κ2) is 20.2. The number of ketones is 1. The molecule has 6 rings (SSSR count). The molecular formula is C51H69N3O8. The number of nitrogens with one attached hydrogen (secondary N) is 2. The van der Waals surface area contributed by atoms with Gasteiger partial charge in [0.15, 0.2) is 5.78 Å². The number of fused-ring (bicyclic) bond motifs is 4. The van der Waals surface area contributed by atoms with Crippen molar-refractivity contribution in [1.82, 2.24) is 10.6 Å². The maximum atomic E-state index is 14.7. The van der Waals surface area contributed by atoms with Gasteiger partial charge in [-0.15, -0.1) is 0 Å². The second-order valence-electron chi connectivity index (χ2n) is 18.8. The standard InChI is InChI=1S/C51H69N3O8/c1-30(2)15-20-43(58)31(3)9-6-13-36(29-55)40-22-24-51(47(40)60)42-19-18-37(56)26-34-11-7-10-33(25-34)16-17-38(57)28-53-46-45-35(12-8-14-41(45)48(52)54-49(46)61)27-44(59)32(4)39(42)21-23-50(51,5)62/h6-15,25,37-38,40,42-43,46-48,53,55-58,60,62H,3,16-24,26-29,52H2,1-2,4-5H3,(H,54,61)/b9-6+,36-13-,39-32+/t37-,38-,40+,42+,43+,46-,47+,48+,50+,51+/m0/s1. The smallest absolute Gasteiger partial charge is 0.243 e. The molecule has 10 atom stereocenters. The van der Waals surface area contributed by atoms with Crippen molar-refractivity contribution in [2.45, 2.75) is 141 Å². The molecule has 2 bridgehead atoms. The van der Waals surface area contributed by atoms with Gasteiger partial charge in [-0.05, 0) is 142 Å². The first-order chi connectivity index (χ1) is 29.5. The number of hydrogen-bond acceptors (Lipinski definition) is 10. The van der Waals surface area contributed by atoms with E-state index in [1.165, 1.54) is 0 Å². The quantitative estimate of drug-likeness (QED) is 0.132. The monoisotopic (exact) mass is 852 g/mol. The minimum absolute atomic E-state index is 0.0180. The Balaban J connectivity index is 1.40. The average molecular weight is 852 g/mol. The molecule has 11 heteroatoms.